The second-order valence-corrected chi connectivity index (χ2v) is 7.97. The highest BCUT2D eigenvalue weighted by Gasteiger charge is 2.47. The highest BCUT2D eigenvalue weighted by atomic mass is 19.4. The van der Waals surface area contributed by atoms with Gasteiger partial charge in [0.1, 0.15) is 18.0 Å². The van der Waals surface area contributed by atoms with E-state index in [0.717, 1.165) is 35.9 Å². The molecule has 0 aliphatic carbocycles. The largest absolute Gasteiger partial charge is 0.497 e. The molecule has 0 radical (unpaired) electrons. The molecule has 4 rings (SSSR count). The maximum absolute atomic E-state index is 12.6. The van der Waals surface area contributed by atoms with E-state index in [1.165, 1.54) is 4.90 Å². The summed E-state index contributed by atoms with van der Waals surface area (Å²) < 4.78 is 45.2. The monoisotopic (exact) mass is 422 g/mol. The van der Waals surface area contributed by atoms with Crippen molar-refractivity contribution in [2.75, 3.05) is 33.8 Å². The lowest BCUT2D eigenvalue weighted by Gasteiger charge is -2.49. The van der Waals surface area contributed by atoms with Gasteiger partial charge in [0.2, 0.25) is 5.91 Å². The van der Waals surface area contributed by atoms with Crippen LogP contribution in [-0.4, -0.2) is 65.2 Å². The van der Waals surface area contributed by atoms with E-state index in [2.05, 4.69) is 9.47 Å². The molecule has 2 aliphatic rings. The lowest BCUT2D eigenvalue weighted by Crippen LogP contribution is -2.57. The first-order chi connectivity index (χ1) is 14.2. The van der Waals surface area contributed by atoms with Gasteiger partial charge in [-0.1, -0.05) is 0 Å². The van der Waals surface area contributed by atoms with Crippen molar-refractivity contribution in [3.05, 3.63) is 36.3 Å². The minimum atomic E-state index is -4.47. The maximum atomic E-state index is 12.6. The van der Waals surface area contributed by atoms with Crippen molar-refractivity contribution < 1.29 is 22.7 Å². The van der Waals surface area contributed by atoms with Crippen LogP contribution in [0.4, 0.5) is 13.2 Å². The number of hydrogen-bond acceptors (Lipinski definition) is 4. The molecule has 2 aliphatic heterocycles. The van der Waals surface area contributed by atoms with Crippen LogP contribution in [0, 0.1) is 0 Å². The lowest BCUT2D eigenvalue weighted by molar-refractivity contribution is -0.163. The van der Waals surface area contributed by atoms with Crippen LogP contribution in [0.3, 0.4) is 0 Å². The van der Waals surface area contributed by atoms with Gasteiger partial charge in [0.15, 0.2) is 0 Å². The van der Waals surface area contributed by atoms with Crippen molar-refractivity contribution in [1.29, 1.82) is 0 Å². The Kier molecular flexibility index (Phi) is 5.25. The summed E-state index contributed by atoms with van der Waals surface area (Å²) in [6.07, 6.45) is -2.89. The van der Waals surface area contributed by atoms with Crippen molar-refractivity contribution in [3.8, 4) is 17.0 Å². The third kappa shape index (κ3) is 3.66. The zero-order chi connectivity index (χ0) is 21.5. The molecule has 1 fully saturated rings. The first kappa shape index (κ1) is 20.7. The number of ether oxygens (including phenoxy) is 1. The average Bonchev–Trinajstić information content (AvgIpc) is 3.15. The standard InChI is InChI=1S/C21H25F3N4O2/c1-26-11-12-28-17(15-3-5-16(30-2)6-4-15)14-25-19(28)20(26)7-9-27(10-8-20)18(29)13-21(22,23)24/h3-6,14H,7-13H2,1-2H3. The molecule has 0 atom stereocenters. The van der Waals surface area contributed by atoms with E-state index in [1.807, 2.05) is 37.5 Å². The van der Waals surface area contributed by atoms with Crippen LogP contribution in [-0.2, 0) is 16.9 Å². The Morgan fingerprint density at radius 3 is 2.40 bits per heavy atom. The van der Waals surface area contributed by atoms with Crippen LogP contribution in [0.2, 0.25) is 0 Å². The van der Waals surface area contributed by atoms with E-state index >= 15 is 0 Å². The van der Waals surface area contributed by atoms with Crippen LogP contribution in [0.25, 0.3) is 11.3 Å². The van der Waals surface area contributed by atoms with Gasteiger partial charge in [-0.05, 0) is 44.2 Å². The van der Waals surface area contributed by atoms with E-state index in [0.29, 0.717) is 25.9 Å². The van der Waals surface area contributed by atoms with Gasteiger partial charge in [-0.25, -0.2) is 4.98 Å². The summed E-state index contributed by atoms with van der Waals surface area (Å²) in [7, 11) is 3.65. The molecule has 1 saturated heterocycles. The third-order valence-corrected chi connectivity index (χ3v) is 6.34. The third-order valence-electron chi connectivity index (χ3n) is 6.34. The summed E-state index contributed by atoms with van der Waals surface area (Å²) in [5.41, 5.74) is 1.67. The van der Waals surface area contributed by atoms with E-state index in [9.17, 15) is 18.0 Å². The number of nitrogens with zero attached hydrogens (tertiary/aromatic N) is 4. The number of benzene rings is 1. The molecule has 3 heterocycles. The topological polar surface area (TPSA) is 50.6 Å². The van der Waals surface area contributed by atoms with Crippen LogP contribution in [0.15, 0.2) is 30.5 Å². The highest BCUT2D eigenvalue weighted by molar-refractivity contribution is 5.77. The average molecular weight is 422 g/mol. The van der Waals surface area contributed by atoms with Crippen LogP contribution in [0.1, 0.15) is 25.1 Å². The quantitative estimate of drug-likeness (QED) is 0.762. The number of hydrogen-bond donors (Lipinski definition) is 0. The fourth-order valence-electron chi connectivity index (χ4n) is 4.62. The van der Waals surface area contributed by atoms with Crippen molar-refractivity contribution >= 4 is 5.91 Å². The molecule has 1 aromatic carbocycles. The second-order valence-electron chi connectivity index (χ2n) is 7.97. The number of amides is 1. The molecule has 6 nitrogen and oxygen atoms in total. The predicted octanol–water partition coefficient (Wildman–Crippen LogP) is 3.27. The van der Waals surface area contributed by atoms with Crippen LogP contribution in [0.5, 0.6) is 5.75 Å². The van der Waals surface area contributed by atoms with Gasteiger partial charge in [0.25, 0.3) is 0 Å². The number of alkyl halides is 3. The van der Waals surface area contributed by atoms with Gasteiger partial charge in [-0.3, -0.25) is 9.69 Å². The Morgan fingerprint density at radius 1 is 1.13 bits per heavy atom. The Labute approximate surface area is 173 Å². The Balaban J connectivity index is 1.58. The molecule has 0 unspecified atom stereocenters. The summed E-state index contributed by atoms with van der Waals surface area (Å²) in [6, 6.07) is 7.80. The second kappa shape index (κ2) is 7.61. The van der Waals surface area contributed by atoms with Crippen LogP contribution >= 0.6 is 0 Å². The Bertz CT molecular complexity index is 915. The minimum Gasteiger partial charge on any atom is -0.497 e. The molecule has 1 spiro atoms. The molecule has 162 valence electrons. The fourth-order valence-corrected chi connectivity index (χ4v) is 4.62. The molecular weight excluding hydrogens is 397 g/mol. The maximum Gasteiger partial charge on any atom is 0.397 e. The summed E-state index contributed by atoms with van der Waals surface area (Å²) in [5.74, 6) is 0.854. The number of aromatic nitrogens is 2. The van der Waals surface area contributed by atoms with Gasteiger partial charge in [-0.2, -0.15) is 13.2 Å². The van der Waals surface area contributed by atoms with Gasteiger partial charge >= 0.3 is 6.18 Å². The molecule has 9 heteroatoms. The molecule has 0 N–H and O–H groups in total. The highest BCUT2D eigenvalue weighted by Crippen LogP contribution is 2.42. The number of fused-ring (bicyclic) bond motifs is 2. The van der Waals surface area contributed by atoms with E-state index in [1.54, 1.807) is 7.11 Å². The Hall–Kier alpha value is -2.55. The van der Waals surface area contributed by atoms with Gasteiger partial charge in [-0.15, -0.1) is 0 Å². The lowest BCUT2D eigenvalue weighted by atomic mass is 9.83. The number of rotatable bonds is 3. The number of piperidine rings is 1. The van der Waals surface area contributed by atoms with Crippen molar-refractivity contribution in [2.45, 2.75) is 37.5 Å². The molecular formula is C21H25F3N4O2. The SMILES string of the molecule is COc1ccc(-c2cnc3n2CCN(C)C32CCN(C(=O)CC(F)(F)F)CC2)cc1. The summed E-state index contributed by atoms with van der Waals surface area (Å²) in [4.78, 5) is 20.3. The van der Waals surface area contributed by atoms with Crippen molar-refractivity contribution in [3.63, 3.8) is 0 Å². The molecule has 1 amide bonds. The molecule has 1 aromatic heterocycles. The van der Waals surface area contributed by atoms with Gasteiger partial charge in [0.05, 0.1) is 24.5 Å². The van der Waals surface area contributed by atoms with Gasteiger partial charge in [0, 0.05) is 31.7 Å². The first-order valence-corrected chi connectivity index (χ1v) is 10.00. The number of imidazole rings is 1. The number of likely N-dealkylation sites (N-methyl/N-ethyl adjacent to an activating group) is 1. The van der Waals surface area contributed by atoms with Gasteiger partial charge < -0.3 is 14.2 Å². The number of carbonyl (C=O) groups excluding carboxylic acids is 1. The van der Waals surface area contributed by atoms with E-state index in [-0.39, 0.29) is 5.54 Å². The number of likely N-dealkylation sites (tertiary alicyclic amines) is 1. The molecule has 2 aromatic rings. The number of methoxy groups -OCH3 is 1. The molecule has 30 heavy (non-hydrogen) atoms. The van der Waals surface area contributed by atoms with Crippen molar-refractivity contribution in [1.82, 2.24) is 19.4 Å². The Morgan fingerprint density at radius 2 is 1.80 bits per heavy atom. The summed E-state index contributed by atoms with van der Waals surface area (Å²) >= 11 is 0. The predicted molar refractivity (Wildman–Crippen MR) is 105 cm³/mol. The van der Waals surface area contributed by atoms with Crippen molar-refractivity contribution in [2.24, 2.45) is 0 Å². The van der Waals surface area contributed by atoms with Crippen LogP contribution < -0.4 is 4.74 Å². The van der Waals surface area contributed by atoms with E-state index < -0.39 is 18.5 Å². The smallest absolute Gasteiger partial charge is 0.397 e. The normalized spacial score (nSPS) is 19.0. The molecule has 0 saturated carbocycles. The number of carbonyl (C=O) groups is 1. The zero-order valence-electron chi connectivity index (χ0n) is 17.1. The first-order valence-electron chi connectivity index (χ1n) is 10.00. The number of halogens is 3. The fraction of sp³-hybridized carbons (Fsp3) is 0.524. The summed E-state index contributed by atoms with van der Waals surface area (Å²) in [6.45, 7) is 2.18. The summed E-state index contributed by atoms with van der Waals surface area (Å²) in [5, 5.41) is 0. The zero-order valence-corrected chi connectivity index (χ0v) is 17.1. The minimum absolute atomic E-state index is 0.296. The van der Waals surface area contributed by atoms with E-state index in [4.69, 9.17) is 9.72 Å². The molecule has 0 bridgehead atoms.